The Morgan fingerprint density at radius 3 is 2.25 bits per heavy atom. The largest absolute Gasteiger partial charge is 0.356 e. The number of hydrogen-bond acceptors (Lipinski definition) is 1. The van der Waals surface area contributed by atoms with Crippen LogP contribution in [0, 0.1) is 23.2 Å². The third-order valence-electron chi connectivity index (χ3n) is 5.92. The summed E-state index contributed by atoms with van der Waals surface area (Å²) in [6, 6.07) is 0. The standard InChI is InChI=1S/C17H28ClNO/c1-2-15(18)3-4-19-16(20)11-17-8-12-5-13(9-17)7-14(6-12)10-17/h12-15H,2-11H2,1H3,(H,19,20). The number of carbonyl (C=O) groups is 1. The van der Waals surface area contributed by atoms with Crippen molar-refractivity contribution in [2.45, 2.75) is 70.1 Å². The fourth-order valence-corrected chi connectivity index (χ4v) is 5.59. The number of nitrogens with one attached hydrogen (secondary N) is 1. The molecule has 0 radical (unpaired) electrons. The lowest BCUT2D eigenvalue weighted by molar-refractivity contribution is -0.129. The predicted molar refractivity (Wildman–Crippen MR) is 82.8 cm³/mol. The summed E-state index contributed by atoms with van der Waals surface area (Å²) in [5, 5.41) is 3.30. The molecular formula is C17H28ClNO. The van der Waals surface area contributed by atoms with Crippen LogP contribution in [0.3, 0.4) is 0 Å². The van der Waals surface area contributed by atoms with Crippen LogP contribution in [-0.4, -0.2) is 17.8 Å². The molecule has 20 heavy (non-hydrogen) atoms. The topological polar surface area (TPSA) is 29.1 Å². The van der Waals surface area contributed by atoms with Crippen LogP contribution in [0.4, 0.5) is 0 Å². The Kier molecular flexibility index (Phi) is 4.31. The average molecular weight is 298 g/mol. The lowest BCUT2D eigenvalue weighted by Gasteiger charge is -2.56. The van der Waals surface area contributed by atoms with Gasteiger partial charge in [0.2, 0.25) is 5.91 Å². The van der Waals surface area contributed by atoms with Gasteiger partial charge in [-0.2, -0.15) is 0 Å². The molecule has 0 aromatic rings. The van der Waals surface area contributed by atoms with E-state index in [0.29, 0.717) is 5.41 Å². The first-order valence-electron chi connectivity index (χ1n) is 8.49. The first-order valence-corrected chi connectivity index (χ1v) is 8.93. The van der Waals surface area contributed by atoms with Gasteiger partial charge in [0, 0.05) is 18.3 Å². The molecule has 2 nitrogen and oxygen atoms in total. The summed E-state index contributed by atoms with van der Waals surface area (Å²) >= 11 is 6.10. The summed E-state index contributed by atoms with van der Waals surface area (Å²) in [4.78, 5) is 12.2. The zero-order valence-corrected chi connectivity index (χ0v) is 13.4. The summed E-state index contributed by atoms with van der Waals surface area (Å²) < 4.78 is 0. The first kappa shape index (κ1) is 14.7. The van der Waals surface area contributed by atoms with Crippen molar-refractivity contribution in [1.29, 1.82) is 0 Å². The van der Waals surface area contributed by atoms with Gasteiger partial charge in [-0.05, 0) is 74.5 Å². The fraction of sp³-hybridized carbons (Fsp3) is 0.941. The second kappa shape index (κ2) is 5.87. The molecule has 0 aromatic carbocycles. The highest BCUT2D eigenvalue weighted by molar-refractivity contribution is 6.20. The van der Waals surface area contributed by atoms with E-state index in [-0.39, 0.29) is 11.3 Å². The lowest BCUT2D eigenvalue weighted by atomic mass is 9.49. The Labute approximate surface area is 128 Å². The Bertz CT molecular complexity index is 333. The number of rotatable bonds is 6. The molecule has 0 saturated heterocycles. The van der Waals surface area contributed by atoms with Crippen LogP contribution in [0.5, 0.6) is 0 Å². The summed E-state index contributed by atoms with van der Waals surface area (Å²) in [7, 11) is 0. The van der Waals surface area contributed by atoms with Crippen molar-refractivity contribution in [3.63, 3.8) is 0 Å². The molecule has 4 saturated carbocycles. The molecule has 0 aromatic heterocycles. The maximum absolute atomic E-state index is 12.2. The van der Waals surface area contributed by atoms with Crippen LogP contribution < -0.4 is 5.32 Å². The molecule has 4 rings (SSSR count). The van der Waals surface area contributed by atoms with Crippen molar-refractivity contribution in [2.24, 2.45) is 23.2 Å². The molecule has 0 spiro atoms. The van der Waals surface area contributed by atoms with E-state index in [1.54, 1.807) is 0 Å². The third kappa shape index (κ3) is 3.16. The van der Waals surface area contributed by atoms with E-state index in [4.69, 9.17) is 11.6 Å². The van der Waals surface area contributed by atoms with Crippen LogP contribution >= 0.6 is 11.6 Å². The van der Waals surface area contributed by atoms with Gasteiger partial charge in [0.05, 0.1) is 0 Å². The molecule has 1 unspecified atom stereocenters. The van der Waals surface area contributed by atoms with Crippen molar-refractivity contribution >= 4 is 17.5 Å². The fourth-order valence-electron chi connectivity index (χ4n) is 5.48. The van der Waals surface area contributed by atoms with Gasteiger partial charge in [0.15, 0.2) is 0 Å². The van der Waals surface area contributed by atoms with Gasteiger partial charge in [-0.3, -0.25) is 4.79 Å². The Balaban J connectivity index is 1.49. The van der Waals surface area contributed by atoms with E-state index in [1.807, 2.05) is 0 Å². The minimum absolute atomic E-state index is 0.204. The van der Waals surface area contributed by atoms with E-state index in [2.05, 4.69) is 12.2 Å². The molecule has 114 valence electrons. The van der Waals surface area contributed by atoms with E-state index >= 15 is 0 Å². The summed E-state index contributed by atoms with van der Waals surface area (Å²) in [6.07, 6.45) is 11.0. The molecule has 4 aliphatic rings. The minimum atomic E-state index is 0.204. The van der Waals surface area contributed by atoms with Crippen LogP contribution in [-0.2, 0) is 4.79 Å². The Morgan fingerprint density at radius 2 is 1.75 bits per heavy atom. The number of carbonyl (C=O) groups excluding carboxylic acids is 1. The van der Waals surface area contributed by atoms with Crippen LogP contribution in [0.15, 0.2) is 0 Å². The van der Waals surface area contributed by atoms with E-state index in [9.17, 15) is 4.79 Å². The first-order chi connectivity index (χ1) is 9.58. The monoisotopic (exact) mass is 297 g/mol. The zero-order chi connectivity index (χ0) is 14.2. The van der Waals surface area contributed by atoms with Crippen LogP contribution in [0.2, 0.25) is 0 Å². The van der Waals surface area contributed by atoms with E-state index in [0.717, 1.165) is 43.6 Å². The van der Waals surface area contributed by atoms with Crippen molar-refractivity contribution in [3.05, 3.63) is 0 Å². The number of amides is 1. The van der Waals surface area contributed by atoms with E-state index < -0.39 is 0 Å². The van der Waals surface area contributed by atoms with Gasteiger partial charge < -0.3 is 5.32 Å². The van der Waals surface area contributed by atoms with Crippen molar-refractivity contribution < 1.29 is 4.79 Å². The van der Waals surface area contributed by atoms with E-state index in [1.165, 1.54) is 38.5 Å². The van der Waals surface area contributed by atoms with Crippen LogP contribution in [0.1, 0.15) is 64.7 Å². The van der Waals surface area contributed by atoms with Crippen molar-refractivity contribution in [1.82, 2.24) is 5.32 Å². The highest BCUT2D eigenvalue weighted by Crippen LogP contribution is 2.61. The van der Waals surface area contributed by atoms with Crippen molar-refractivity contribution in [2.75, 3.05) is 6.54 Å². The molecule has 4 fully saturated rings. The SMILES string of the molecule is CCC(Cl)CCNC(=O)CC12CC3CC(CC(C3)C1)C2. The molecule has 4 bridgehead atoms. The highest BCUT2D eigenvalue weighted by Gasteiger charge is 2.51. The second-order valence-electron chi connectivity index (χ2n) is 7.74. The van der Waals surface area contributed by atoms with Gasteiger partial charge in [-0.15, -0.1) is 11.6 Å². The zero-order valence-electron chi connectivity index (χ0n) is 12.7. The summed E-state index contributed by atoms with van der Waals surface area (Å²) in [5.74, 6) is 3.07. The number of alkyl halides is 1. The molecule has 4 aliphatic carbocycles. The Morgan fingerprint density at radius 1 is 1.20 bits per heavy atom. The predicted octanol–water partition coefficient (Wildman–Crippen LogP) is 4.12. The van der Waals surface area contributed by atoms with Gasteiger partial charge in [-0.25, -0.2) is 0 Å². The van der Waals surface area contributed by atoms with Crippen molar-refractivity contribution in [3.8, 4) is 0 Å². The summed E-state index contributed by atoms with van der Waals surface area (Å²) in [5.41, 5.74) is 0.365. The lowest BCUT2D eigenvalue weighted by Crippen LogP contribution is -2.48. The van der Waals surface area contributed by atoms with Gasteiger partial charge in [0.1, 0.15) is 0 Å². The summed E-state index contributed by atoms with van der Waals surface area (Å²) in [6.45, 7) is 2.84. The number of hydrogen-bond donors (Lipinski definition) is 1. The molecular weight excluding hydrogens is 270 g/mol. The minimum Gasteiger partial charge on any atom is -0.356 e. The molecule has 3 heteroatoms. The van der Waals surface area contributed by atoms with Gasteiger partial charge in [-0.1, -0.05) is 6.92 Å². The smallest absolute Gasteiger partial charge is 0.220 e. The highest BCUT2D eigenvalue weighted by atomic mass is 35.5. The third-order valence-corrected chi connectivity index (χ3v) is 6.45. The van der Waals surface area contributed by atoms with Gasteiger partial charge in [0.25, 0.3) is 0 Å². The normalized spacial score (nSPS) is 39.8. The number of halogens is 1. The quantitative estimate of drug-likeness (QED) is 0.734. The van der Waals surface area contributed by atoms with Crippen LogP contribution in [0.25, 0.3) is 0 Å². The molecule has 0 heterocycles. The molecule has 0 aliphatic heterocycles. The second-order valence-corrected chi connectivity index (χ2v) is 8.36. The average Bonchev–Trinajstić information content (AvgIpc) is 2.36. The maximum atomic E-state index is 12.2. The molecule has 1 amide bonds. The Hall–Kier alpha value is -0.240. The van der Waals surface area contributed by atoms with Gasteiger partial charge >= 0.3 is 0 Å². The molecule has 1 atom stereocenters. The molecule has 1 N–H and O–H groups in total. The maximum Gasteiger partial charge on any atom is 0.220 e.